The molecule has 2 amide bonds. The van der Waals surface area contributed by atoms with Crippen molar-refractivity contribution in [2.75, 3.05) is 11.9 Å². The fourth-order valence-electron chi connectivity index (χ4n) is 3.86. The van der Waals surface area contributed by atoms with Crippen LogP contribution in [-0.4, -0.2) is 35.7 Å². The smallest absolute Gasteiger partial charge is 0.341 e. The number of phenolic OH excluding ortho intramolecular Hbond substituents is 1. The molecule has 8 nitrogen and oxygen atoms in total. The van der Waals surface area contributed by atoms with Crippen LogP contribution >= 0.6 is 11.3 Å². The number of rotatable bonds is 5. The highest BCUT2D eigenvalue weighted by molar-refractivity contribution is 7.17. The Labute approximate surface area is 194 Å². The van der Waals surface area contributed by atoms with E-state index in [2.05, 4.69) is 15.8 Å². The summed E-state index contributed by atoms with van der Waals surface area (Å²) >= 11 is 1.30. The van der Waals surface area contributed by atoms with Crippen LogP contribution in [0.1, 0.15) is 46.1 Å². The van der Waals surface area contributed by atoms with Gasteiger partial charge in [0.2, 0.25) is 0 Å². The van der Waals surface area contributed by atoms with Crippen molar-refractivity contribution in [3.63, 3.8) is 0 Å². The molecular weight excluding hydrogens is 442 g/mol. The van der Waals surface area contributed by atoms with Crippen molar-refractivity contribution in [3.8, 4) is 5.75 Å². The molecule has 0 unspecified atom stereocenters. The van der Waals surface area contributed by atoms with Crippen LogP contribution < -0.4 is 10.7 Å². The maximum Gasteiger partial charge on any atom is 0.341 e. The molecule has 0 radical (unpaired) electrons. The second kappa shape index (κ2) is 9.83. The van der Waals surface area contributed by atoms with E-state index in [0.717, 1.165) is 46.9 Å². The number of amides is 2. The molecule has 170 valence electrons. The molecule has 0 bridgehead atoms. The van der Waals surface area contributed by atoms with Crippen LogP contribution in [0.2, 0.25) is 0 Å². The first-order valence-electron chi connectivity index (χ1n) is 10.7. The maximum absolute atomic E-state index is 12.5. The molecule has 2 aromatic carbocycles. The van der Waals surface area contributed by atoms with Crippen molar-refractivity contribution in [2.24, 2.45) is 5.10 Å². The van der Waals surface area contributed by atoms with Crippen LogP contribution in [0.15, 0.2) is 41.5 Å². The van der Waals surface area contributed by atoms with Crippen molar-refractivity contribution in [1.82, 2.24) is 5.43 Å². The van der Waals surface area contributed by atoms with Gasteiger partial charge in [-0.15, -0.1) is 11.3 Å². The molecule has 0 aliphatic heterocycles. The number of carbonyl (C=O) groups excluding carboxylic acids is 3. The molecule has 3 N–H and O–H groups in total. The highest BCUT2D eigenvalue weighted by Gasteiger charge is 2.28. The van der Waals surface area contributed by atoms with Gasteiger partial charge in [0, 0.05) is 10.4 Å². The van der Waals surface area contributed by atoms with Gasteiger partial charge in [0.15, 0.2) is 0 Å². The van der Waals surface area contributed by atoms with Gasteiger partial charge in [0.25, 0.3) is 0 Å². The van der Waals surface area contributed by atoms with Gasteiger partial charge in [-0.25, -0.2) is 10.2 Å². The topological polar surface area (TPSA) is 117 Å². The first-order valence-corrected chi connectivity index (χ1v) is 11.5. The number of aromatic hydroxyl groups is 1. The van der Waals surface area contributed by atoms with Gasteiger partial charge in [-0.1, -0.05) is 30.3 Å². The Kier molecular flexibility index (Phi) is 6.69. The average Bonchev–Trinajstić information content (AvgIpc) is 3.18. The number of hydrogen-bond acceptors (Lipinski definition) is 7. The first kappa shape index (κ1) is 22.5. The van der Waals surface area contributed by atoms with E-state index >= 15 is 0 Å². The second-order valence-corrected chi connectivity index (χ2v) is 8.61. The number of aryl methyl sites for hydroxylation is 1. The van der Waals surface area contributed by atoms with Gasteiger partial charge in [0.05, 0.1) is 18.4 Å². The number of carbonyl (C=O) groups is 3. The molecule has 9 heteroatoms. The van der Waals surface area contributed by atoms with Crippen molar-refractivity contribution >= 4 is 51.1 Å². The van der Waals surface area contributed by atoms with E-state index in [0.29, 0.717) is 16.1 Å². The molecule has 0 spiro atoms. The lowest BCUT2D eigenvalue weighted by molar-refractivity contribution is -0.136. The van der Waals surface area contributed by atoms with Crippen LogP contribution in [0.25, 0.3) is 10.8 Å². The summed E-state index contributed by atoms with van der Waals surface area (Å²) in [5.74, 6) is -2.44. The van der Waals surface area contributed by atoms with Crippen LogP contribution in [0, 0.1) is 0 Å². The largest absolute Gasteiger partial charge is 0.507 e. The predicted molar refractivity (Wildman–Crippen MR) is 127 cm³/mol. The molecule has 1 aliphatic rings. The summed E-state index contributed by atoms with van der Waals surface area (Å²) in [7, 11) is 0. The lowest BCUT2D eigenvalue weighted by Gasteiger charge is -2.12. The lowest BCUT2D eigenvalue weighted by atomic mass is 9.95. The molecule has 0 saturated heterocycles. The minimum atomic E-state index is -0.993. The molecule has 33 heavy (non-hydrogen) atoms. The molecule has 0 atom stereocenters. The number of hydrogen-bond donors (Lipinski definition) is 3. The van der Waals surface area contributed by atoms with E-state index in [1.54, 1.807) is 13.0 Å². The standard InChI is InChI=1S/C24H23N3O5S/c1-2-32-24(31)20-16-9-5-6-10-19(16)33-23(20)26-21(29)22(30)27-25-13-17-15-8-4-3-7-14(15)11-12-18(17)28/h3-4,7-8,11-13,28H,2,5-6,9-10H2,1H3,(H,26,29)(H,27,30). The fourth-order valence-corrected chi connectivity index (χ4v) is 5.13. The normalized spacial score (nSPS) is 13.0. The zero-order chi connectivity index (χ0) is 23.4. The summed E-state index contributed by atoms with van der Waals surface area (Å²) < 4.78 is 5.16. The van der Waals surface area contributed by atoms with Crippen LogP contribution in [0.5, 0.6) is 5.75 Å². The van der Waals surface area contributed by atoms with Crippen LogP contribution in [0.3, 0.4) is 0 Å². The third-order valence-corrected chi connectivity index (χ3v) is 6.60. The summed E-state index contributed by atoms with van der Waals surface area (Å²) in [6, 6.07) is 10.7. The molecule has 1 heterocycles. The molecule has 4 rings (SSSR count). The van der Waals surface area contributed by atoms with Gasteiger partial charge in [-0.3, -0.25) is 9.59 Å². The Balaban J connectivity index is 1.49. The zero-order valence-corrected chi connectivity index (χ0v) is 18.8. The number of ether oxygens (including phenoxy) is 1. The van der Waals surface area contributed by atoms with Gasteiger partial charge in [0.1, 0.15) is 10.8 Å². The highest BCUT2D eigenvalue weighted by Crippen LogP contribution is 2.38. The summed E-state index contributed by atoms with van der Waals surface area (Å²) in [6.07, 6.45) is 4.82. The minimum Gasteiger partial charge on any atom is -0.507 e. The monoisotopic (exact) mass is 465 g/mol. The molecule has 0 saturated carbocycles. The number of fused-ring (bicyclic) bond motifs is 2. The van der Waals surface area contributed by atoms with E-state index in [1.807, 2.05) is 24.3 Å². The highest BCUT2D eigenvalue weighted by atomic mass is 32.1. The summed E-state index contributed by atoms with van der Waals surface area (Å²) in [4.78, 5) is 38.3. The number of hydrazone groups is 1. The zero-order valence-electron chi connectivity index (χ0n) is 18.0. The second-order valence-electron chi connectivity index (χ2n) is 7.51. The minimum absolute atomic E-state index is 0.000560. The Morgan fingerprint density at radius 3 is 2.73 bits per heavy atom. The van der Waals surface area contributed by atoms with Crippen molar-refractivity contribution in [3.05, 3.63) is 58.0 Å². The number of esters is 1. The van der Waals surface area contributed by atoms with Gasteiger partial charge in [-0.2, -0.15) is 5.10 Å². The van der Waals surface area contributed by atoms with Crippen LogP contribution in [0.4, 0.5) is 5.00 Å². The van der Waals surface area contributed by atoms with Gasteiger partial charge >= 0.3 is 17.8 Å². The summed E-state index contributed by atoms with van der Waals surface area (Å²) in [6.45, 7) is 1.93. The Hall–Kier alpha value is -3.72. The molecule has 1 aromatic heterocycles. The van der Waals surface area contributed by atoms with Crippen molar-refractivity contribution in [1.29, 1.82) is 0 Å². The third kappa shape index (κ3) is 4.73. The number of phenols is 1. The fraction of sp³-hybridized carbons (Fsp3) is 0.250. The number of anilines is 1. The number of nitrogens with one attached hydrogen (secondary N) is 2. The van der Waals surface area contributed by atoms with Gasteiger partial charge < -0.3 is 15.2 Å². The Bertz CT molecular complexity index is 1260. The number of benzene rings is 2. The van der Waals surface area contributed by atoms with Crippen molar-refractivity contribution < 1.29 is 24.2 Å². The Morgan fingerprint density at radius 1 is 1.12 bits per heavy atom. The summed E-state index contributed by atoms with van der Waals surface area (Å²) in [5, 5.41) is 18.5. The molecule has 1 aliphatic carbocycles. The van der Waals surface area contributed by atoms with Gasteiger partial charge in [-0.05, 0) is 55.0 Å². The van der Waals surface area contributed by atoms with E-state index in [-0.39, 0.29) is 12.4 Å². The summed E-state index contributed by atoms with van der Waals surface area (Å²) in [5.41, 5.74) is 3.82. The number of thiophene rings is 1. The third-order valence-electron chi connectivity index (χ3n) is 5.39. The first-order chi connectivity index (χ1) is 16.0. The van der Waals surface area contributed by atoms with E-state index in [9.17, 15) is 19.5 Å². The van der Waals surface area contributed by atoms with Crippen molar-refractivity contribution in [2.45, 2.75) is 32.6 Å². The average molecular weight is 466 g/mol. The predicted octanol–water partition coefficient (Wildman–Crippen LogP) is 3.75. The SMILES string of the molecule is CCOC(=O)c1c(NC(=O)C(=O)NN=Cc2c(O)ccc3ccccc23)sc2c1CCCC2. The lowest BCUT2D eigenvalue weighted by Crippen LogP contribution is -2.32. The maximum atomic E-state index is 12.5. The Morgan fingerprint density at radius 2 is 1.91 bits per heavy atom. The van der Waals surface area contributed by atoms with E-state index < -0.39 is 17.8 Å². The van der Waals surface area contributed by atoms with Crippen LogP contribution in [-0.2, 0) is 27.2 Å². The molecule has 0 fully saturated rings. The number of nitrogens with zero attached hydrogens (tertiary/aromatic N) is 1. The van der Waals surface area contributed by atoms with E-state index in [4.69, 9.17) is 4.74 Å². The molecule has 3 aromatic rings. The van der Waals surface area contributed by atoms with E-state index in [1.165, 1.54) is 23.6 Å². The molecular formula is C24H23N3O5S. The quantitative estimate of drug-likeness (QED) is 0.230.